The molecule has 0 fully saturated rings. The molecule has 78 valence electrons. The maximum absolute atomic E-state index is 11.4. The molecule has 0 aliphatic rings. The minimum absolute atomic E-state index is 0.453. The van der Waals surface area contributed by atoms with Gasteiger partial charge in [0.05, 0.1) is 0 Å². The Morgan fingerprint density at radius 3 is 2.08 bits per heavy atom. The third-order valence-electron chi connectivity index (χ3n) is 2.61. The van der Waals surface area contributed by atoms with Crippen LogP contribution in [0.25, 0.3) is 0 Å². The highest BCUT2D eigenvalue weighted by atomic mass is 16.1. The van der Waals surface area contributed by atoms with Crippen molar-refractivity contribution < 1.29 is 4.79 Å². The van der Waals surface area contributed by atoms with E-state index in [1.807, 2.05) is 0 Å². The molecule has 0 aromatic carbocycles. The first kappa shape index (κ1) is 12.7. The van der Waals surface area contributed by atoms with E-state index in [4.69, 9.17) is 0 Å². The molecule has 0 aromatic rings. The molecule has 0 heterocycles. The van der Waals surface area contributed by atoms with Crippen molar-refractivity contribution in [1.29, 1.82) is 0 Å². The maximum Gasteiger partial charge on any atom is 0.132 e. The van der Waals surface area contributed by atoms with E-state index in [2.05, 4.69) is 27.7 Å². The van der Waals surface area contributed by atoms with Gasteiger partial charge in [0, 0.05) is 12.8 Å². The monoisotopic (exact) mass is 184 g/mol. The second-order valence-electron chi connectivity index (χ2n) is 4.52. The Hall–Kier alpha value is -0.330. The van der Waals surface area contributed by atoms with E-state index in [-0.39, 0.29) is 0 Å². The van der Waals surface area contributed by atoms with E-state index in [1.54, 1.807) is 0 Å². The fourth-order valence-corrected chi connectivity index (χ4v) is 1.19. The van der Waals surface area contributed by atoms with Gasteiger partial charge in [-0.2, -0.15) is 0 Å². The fourth-order valence-electron chi connectivity index (χ4n) is 1.19. The van der Waals surface area contributed by atoms with E-state index in [0.29, 0.717) is 17.6 Å². The summed E-state index contributed by atoms with van der Waals surface area (Å²) >= 11 is 0. The number of hydrogen-bond donors (Lipinski definition) is 0. The molecule has 0 bridgehead atoms. The average molecular weight is 184 g/mol. The van der Waals surface area contributed by atoms with Crippen LogP contribution in [0, 0.1) is 11.8 Å². The molecule has 0 saturated heterocycles. The predicted molar refractivity (Wildman–Crippen MR) is 57.8 cm³/mol. The van der Waals surface area contributed by atoms with Crippen LogP contribution in [-0.2, 0) is 4.79 Å². The first-order valence-corrected chi connectivity index (χ1v) is 5.58. The van der Waals surface area contributed by atoms with Gasteiger partial charge < -0.3 is 0 Å². The van der Waals surface area contributed by atoms with Gasteiger partial charge in [0.15, 0.2) is 0 Å². The zero-order chi connectivity index (χ0) is 10.3. The molecular weight excluding hydrogens is 160 g/mol. The van der Waals surface area contributed by atoms with Gasteiger partial charge in [-0.15, -0.1) is 0 Å². The summed E-state index contributed by atoms with van der Waals surface area (Å²) in [5.41, 5.74) is 0. The Labute approximate surface area is 82.9 Å². The van der Waals surface area contributed by atoms with E-state index in [0.717, 1.165) is 25.7 Å². The third-order valence-corrected chi connectivity index (χ3v) is 2.61. The molecule has 1 atom stereocenters. The van der Waals surface area contributed by atoms with Crippen molar-refractivity contribution in [2.24, 2.45) is 11.8 Å². The maximum atomic E-state index is 11.4. The van der Waals surface area contributed by atoms with Crippen molar-refractivity contribution in [2.45, 2.75) is 59.8 Å². The summed E-state index contributed by atoms with van der Waals surface area (Å²) in [6, 6.07) is 0. The van der Waals surface area contributed by atoms with Crippen LogP contribution in [0.1, 0.15) is 59.8 Å². The molecular formula is C12H24O. The summed E-state index contributed by atoms with van der Waals surface area (Å²) in [6.45, 7) is 8.74. The predicted octanol–water partition coefficient (Wildman–Crippen LogP) is 3.82. The van der Waals surface area contributed by atoms with Crippen molar-refractivity contribution in [3.05, 3.63) is 0 Å². The zero-order valence-electron chi connectivity index (χ0n) is 9.60. The molecule has 0 N–H and O–H groups in total. The number of carbonyl (C=O) groups excluding carboxylic acids is 1. The highest BCUT2D eigenvalue weighted by Crippen LogP contribution is 2.12. The zero-order valence-corrected chi connectivity index (χ0v) is 9.60. The standard InChI is InChI=1S/C12H24O/c1-5-11(4)7-9-12(13)8-6-10(2)3/h10-11H,5-9H2,1-4H3/t11-/m1/s1. The quantitative estimate of drug-likeness (QED) is 0.588. The third kappa shape index (κ3) is 8.01. The summed E-state index contributed by atoms with van der Waals surface area (Å²) in [4.78, 5) is 11.4. The van der Waals surface area contributed by atoms with E-state index >= 15 is 0 Å². The van der Waals surface area contributed by atoms with Crippen molar-refractivity contribution in [3.63, 3.8) is 0 Å². The molecule has 0 aliphatic heterocycles. The molecule has 0 radical (unpaired) electrons. The first-order chi connectivity index (χ1) is 6.06. The van der Waals surface area contributed by atoms with Crippen molar-refractivity contribution >= 4 is 5.78 Å². The molecule has 1 heteroatoms. The van der Waals surface area contributed by atoms with E-state index in [1.165, 1.54) is 6.42 Å². The lowest BCUT2D eigenvalue weighted by molar-refractivity contribution is -0.119. The molecule has 0 saturated carbocycles. The minimum Gasteiger partial charge on any atom is -0.300 e. The molecule has 0 amide bonds. The van der Waals surface area contributed by atoms with Gasteiger partial charge >= 0.3 is 0 Å². The van der Waals surface area contributed by atoms with Gasteiger partial charge in [0.2, 0.25) is 0 Å². The summed E-state index contributed by atoms with van der Waals surface area (Å²) in [6.07, 6.45) is 4.90. The second-order valence-corrected chi connectivity index (χ2v) is 4.52. The van der Waals surface area contributed by atoms with Gasteiger partial charge in [-0.05, 0) is 24.7 Å². The summed E-state index contributed by atoms with van der Waals surface area (Å²) in [5.74, 6) is 1.82. The number of hydrogen-bond acceptors (Lipinski definition) is 1. The molecule has 0 unspecified atom stereocenters. The largest absolute Gasteiger partial charge is 0.300 e. The first-order valence-electron chi connectivity index (χ1n) is 5.58. The van der Waals surface area contributed by atoms with Crippen LogP contribution in [0.4, 0.5) is 0 Å². The Morgan fingerprint density at radius 2 is 1.62 bits per heavy atom. The summed E-state index contributed by atoms with van der Waals surface area (Å²) in [7, 11) is 0. The van der Waals surface area contributed by atoms with Gasteiger partial charge in [-0.25, -0.2) is 0 Å². The second kappa shape index (κ2) is 7.11. The van der Waals surface area contributed by atoms with Crippen molar-refractivity contribution in [1.82, 2.24) is 0 Å². The van der Waals surface area contributed by atoms with Crippen LogP contribution in [0.3, 0.4) is 0 Å². The molecule has 0 rings (SSSR count). The topological polar surface area (TPSA) is 17.1 Å². The van der Waals surface area contributed by atoms with Crippen LogP contribution < -0.4 is 0 Å². The average Bonchev–Trinajstić information content (AvgIpc) is 2.10. The Kier molecular flexibility index (Phi) is 6.93. The van der Waals surface area contributed by atoms with Crippen molar-refractivity contribution in [3.8, 4) is 0 Å². The van der Waals surface area contributed by atoms with Crippen LogP contribution in [0.2, 0.25) is 0 Å². The van der Waals surface area contributed by atoms with E-state index < -0.39 is 0 Å². The molecule has 0 aromatic heterocycles. The van der Waals surface area contributed by atoms with Crippen LogP contribution in [-0.4, -0.2) is 5.78 Å². The number of rotatable bonds is 7. The van der Waals surface area contributed by atoms with E-state index in [9.17, 15) is 4.79 Å². The van der Waals surface area contributed by atoms with Gasteiger partial charge in [-0.1, -0.05) is 34.1 Å². The summed E-state index contributed by atoms with van der Waals surface area (Å²) < 4.78 is 0. The van der Waals surface area contributed by atoms with Gasteiger partial charge in [0.25, 0.3) is 0 Å². The number of carbonyl (C=O) groups is 1. The Balaban J connectivity index is 3.40. The van der Waals surface area contributed by atoms with Crippen molar-refractivity contribution in [2.75, 3.05) is 0 Å². The highest BCUT2D eigenvalue weighted by Gasteiger charge is 2.06. The molecule has 13 heavy (non-hydrogen) atoms. The number of ketones is 1. The summed E-state index contributed by atoms with van der Waals surface area (Å²) in [5, 5.41) is 0. The molecule has 0 aliphatic carbocycles. The van der Waals surface area contributed by atoms with Crippen LogP contribution in [0.15, 0.2) is 0 Å². The molecule has 0 spiro atoms. The Morgan fingerprint density at radius 1 is 1.08 bits per heavy atom. The number of Topliss-reactive ketones (excluding diaryl/α,β-unsaturated/α-hetero) is 1. The fraction of sp³-hybridized carbons (Fsp3) is 0.917. The lowest BCUT2D eigenvalue weighted by Gasteiger charge is -2.07. The Bertz CT molecular complexity index is 138. The lowest BCUT2D eigenvalue weighted by Crippen LogP contribution is -2.03. The molecule has 1 nitrogen and oxygen atoms in total. The minimum atomic E-state index is 0.453. The normalized spacial score (nSPS) is 13.3. The smallest absolute Gasteiger partial charge is 0.132 e. The van der Waals surface area contributed by atoms with Gasteiger partial charge in [0.1, 0.15) is 5.78 Å². The highest BCUT2D eigenvalue weighted by molar-refractivity contribution is 5.78. The van der Waals surface area contributed by atoms with Crippen LogP contribution in [0.5, 0.6) is 0 Å². The lowest BCUT2D eigenvalue weighted by atomic mass is 9.98. The SMILES string of the molecule is CC[C@@H](C)CCC(=O)CCC(C)C. The van der Waals surface area contributed by atoms with Crippen LogP contribution >= 0.6 is 0 Å². The van der Waals surface area contributed by atoms with Gasteiger partial charge in [-0.3, -0.25) is 4.79 Å².